The van der Waals surface area contributed by atoms with Crippen molar-refractivity contribution in [2.24, 2.45) is 5.41 Å². The van der Waals surface area contributed by atoms with Crippen molar-refractivity contribution in [3.8, 4) is 0 Å². The van der Waals surface area contributed by atoms with Crippen LogP contribution in [0.25, 0.3) is 11.0 Å². The average molecular weight is 752 g/mol. The van der Waals surface area contributed by atoms with Crippen molar-refractivity contribution in [2.45, 2.75) is 104 Å². The maximum absolute atomic E-state index is 14.3. The van der Waals surface area contributed by atoms with Gasteiger partial charge in [-0.25, -0.2) is 18.2 Å². The second-order valence-corrected chi connectivity index (χ2v) is 14.5. The molecule has 0 bridgehead atoms. The number of fused-ring (bicyclic) bond motifs is 1. The van der Waals surface area contributed by atoms with Gasteiger partial charge in [-0.3, -0.25) is 9.59 Å². The number of imidazole rings is 1. The van der Waals surface area contributed by atoms with Crippen LogP contribution in [-0.2, 0) is 17.9 Å². The van der Waals surface area contributed by atoms with E-state index in [0.29, 0.717) is 40.8 Å². The molecule has 0 radical (unpaired) electrons. The zero-order chi connectivity index (χ0) is 37.0. The van der Waals surface area contributed by atoms with Gasteiger partial charge >= 0.3 is 6.18 Å². The molecule has 5 rings (SSSR count). The molecule has 1 aliphatic carbocycles. The molecular weight excluding hydrogens is 709 g/mol. The predicted molar refractivity (Wildman–Crippen MR) is 185 cm³/mol. The van der Waals surface area contributed by atoms with Crippen molar-refractivity contribution >= 4 is 63.4 Å². The number of rotatable bonds is 9. The lowest BCUT2D eigenvalue weighted by Gasteiger charge is -2.25. The van der Waals surface area contributed by atoms with Crippen molar-refractivity contribution in [1.82, 2.24) is 20.2 Å². The molecule has 2 amide bonds. The number of aromatic nitrogens is 2. The SMILES string of the molecule is CC(C)(C)C(=O)NCc1ccc(Cl)c(Nc2nc3cc(C(=O)NC4CCCCC4)c(N4CCC(F)C4)cc3n2CC(F)F)c1Cl.CC(F)(F)F. The summed E-state index contributed by atoms with van der Waals surface area (Å²) in [6.07, 6.45) is -2.49. The number of alkyl halides is 6. The number of carbonyl (C=O) groups is 2. The summed E-state index contributed by atoms with van der Waals surface area (Å²) in [5.41, 5.74) is 1.66. The van der Waals surface area contributed by atoms with Gasteiger partial charge < -0.3 is 25.4 Å². The number of hydrogen-bond acceptors (Lipinski definition) is 5. The van der Waals surface area contributed by atoms with Crippen LogP contribution in [0.15, 0.2) is 24.3 Å². The molecule has 1 atom stereocenters. The molecule has 2 heterocycles. The molecule has 1 aliphatic heterocycles. The van der Waals surface area contributed by atoms with Crippen LogP contribution in [0.4, 0.5) is 43.7 Å². The second kappa shape index (κ2) is 16.3. The molecule has 1 saturated heterocycles. The number of anilines is 3. The highest BCUT2D eigenvalue weighted by atomic mass is 35.5. The maximum Gasteiger partial charge on any atom is 0.386 e. The van der Waals surface area contributed by atoms with Crippen LogP contribution in [0.3, 0.4) is 0 Å². The van der Waals surface area contributed by atoms with E-state index in [2.05, 4.69) is 20.9 Å². The fourth-order valence-corrected chi connectivity index (χ4v) is 6.40. The quantitative estimate of drug-likeness (QED) is 0.190. The number of halogens is 8. The summed E-state index contributed by atoms with van der Waals surface area (Å²) < 4.78 is 74.6. The molecule has 1 unspecified atom stereocenters. The van der Waals surface area contributed by atoms with Gasteiger partial charge in [-0.2, -0.15) is 13.2 Å². The normalized spacial score (nSPS) is 17.1. The summed E-state index contributed by atoms with van der Waals surface area (Å²) in [6.45, 7) is 5.50. The topological polar surface area (TPSA) is 91.3 Å². The molecule has 3 N–H and O–H groups in total. The Morgan fingerprint density at radius 1 is 1.02 bits per heavy atom. The molecule has 1 saturated carbocycles. The van der Waals surface area contributed by atoms with Gasteiger partial charge in [0.1, 0.15) is 6.17 Å². The van der Waals surface area contributed by atoms with Gasteiger partial charge in [0.05, 0.1) is 44.6 Å². The van der Waals surface area contributed by atoms with E-state index in [9.17, 15) is 35.9 Å². The third-order valence-electron chi connectivity index (χ3n) is 8.37. The minimum absolute atomic E-state index is 0.0423. The number of carbonyl (C=O) groups excluding carboxylic acids is 2. The van der Waals surface area contributed by atoms with Gasteiger partial charge in [-0.1, -0.05) is 69.3 Å². The van der Waals surface area contributed by atoms with Crippen molar-refractivity contribution in [1.29, 1.82) is 0 Å². The first-order chi connectivity index (χ1) is 23.3. The van der Waals surface area contributed by atoms with Crippen molar-refractivity contribution in [3.05, 3.63) is 45.4 Å². The van der Waals surface area contributed by atoms with Gasteiger partial charge in [0.2, 0.25) is 11.9 Å². The van der Waals surface area contributed by atoms with E-state index in [-0.39, 0.29) is 59.6 Å². The Morgan fingerprint density at radius 2 is 1.68 bits per heavy atom. The Kier molecular flexibility index (Phi) is 12.8. The van der Waals surface area contributed by atoms with Gasteiger partial charge in [0.15, 0.2) is 0 Å². The monoisotopic (exact) mass is 750 g/mol. The molecule has 2 aromatic carbocycles. The van der Waals surface area contributed by atoms with E-state index < -0.39 is 30.7 Å². The summed E-state index contributed by atoms with van der Waals surface area (Å²) in [6, 6.07) is 6.55. The minimum atomic E-state index is -4.00. The molecule has 2 aliphatic rings. The molecule has 276 valence electrons. The van der Waals surface area contributed by atoms with E-state index in [1.54, 1.807) is 49.9 Å². The molecule has 2 fully saturated rings. The first-order valence-corrected chi connectivity index (χ1v) is 17.2. The van der Waals surface area contributed by atoms with E-state index >= 15 is 0 Å². The molecule has 8 nitrogen and oxygen atoms in total. The van der Waals surface area contributed by atoms with E-state index in [1.807, 2.05) is 0 Å². The van der Waals surface area contributed by atoms with Crippen molar-refractivity contribution in [2.75, 3.05) is 23.3 Å². The number of nitrogens with one attached hydrogen (secondary N) is 3. The van der Waals surface area contributed by atoms with Crippen molar-refractivity contribution in [3.63, 3.8) is 0 Å². The van der Waals surface area contributed by atoms with E-state index in [0.717, 1.165) is 32.1 Å². The average Bonchev–Trinajstić information content (AvgIpc) is 3.59. The largest absolute Gasteiger partial charge is 0.386 e. The van der Waals surface area contributed by atoms with Crippen LogP contribution in [-0.4, -0.2) is 59.3 Å². The lowest BCUT2D eigenvalue weighted by Crippen LogP contribution is -2.37. The van der Waals surface area contributed by atoms with Crippen LogP contribution >= 0.6 is 23.2 Å². The van der Waals surface area contributed by atoms with Crippen LogP contribution in [0, 0.1) is 5.41 Å². The molecule has 1 aromatic heterocycles. The Morgan fingerprint density at radius 3 is 2.26 bits per heavy atom. The molecule has 50 heavy (non-hydrogen) atoms. The van der Waals surface area contributed by atoms with E-state index in [1.165, 1.54) is 4.57 Å². The minimum Gasteiger partial charge on any atom is -0.368 e. The third-order valence-corrected chi connectivity index (χ3v) is 9.12. The standard InChI is InChI=1S/C32H39Cl2F3N6O2.C2H3F3/c1-32(2,3)30(45)38-15-18-9-10-22(33)28(27(18)34)41-31-40-23-13-21(29(44)39-20-7-5-4-6-8-20)24(42-12-11-19(35)16-42)14-25(23)43(31)17-26(36)37;1-2(3,4)5/h9-10,13-14,19-20,26H,4-8,11-12,15-17H2,1-3H3,(H,38,45)(H,39,44)(H,40,41);1H3. The number of benzene rings is 2. The first kappa shape index (κ1) is 39.4. The summed E-state index contributed by atoms with van der Waals surface area (Å²) in [4.78, 5) is 32.4. The summed E-state index contributed by atoms with van der Waals surface area (Å²) in [5, 5.41) is 9.44. The van der Waals surface area contributed by atoms with Crippen LogP contribution in [0.1, 0.15) is 82.1 Å². The number of amides is 2. The Labute approximate surface area is 297 Å². The lowest BCUT2D eigenvalue weighted by atomic mass is 9.95. The fourth-order valence-electron chi connectivity index (χ4n) is 5.87. The number of hydrogen-bond donors (Lipinski definition) is 3. The van der Waals surface area contributed by atoms with Gasteiger partial charge in [-0.05, 0) is 43.0 Å². The van der Waals surface area contributed by atoms with Gasteiger partial charge in [0.25, 0.3) is 12.3 Å². The highest BCUT2D eigenvalue weighted by Crippen LogP contribution is 2.38. The molecule has 16 heteroatoms. The van der Waals surface area contributed by atoms with Crippen LogP contribution < -0.4 is 20.9 Å². The maximum atomic E-state index is 14.3. The highest BCUT2D eigenvalue weighted by molar-refractivity contribution is 6.39. The molecular formula is C34H42Cl2F6N6O2. The summed E-state index contributed by atoms with van der Waals surface area (Å²) in [7, 11) is 0. The Bertz CT molecular complexity index is 1660. The number of nitrogens with zero attached hydrogens (tertiary/aromatic N) is 3. The van der Waals surface area contributed by atoms with Gasteiger partial charge in [-0.15, -0.1) is 0 Å². The zero-order valence-corrected chi connectivity index (χ0v) is 29.8. The predicted octanol–water partition coefficient (Wildman–Crippen LogP) is 9.19. The third kappa shape index (κ3) is 10.6. The molecule has 3 aromatic rings. The van der Waals surface area contributed by atoms with Crippen LogP contribution in [0.2, 0.25) is 10.0 Å². The molecule has 0 spiro atoms. The Balaban J connectivity index is 0.00000105. The van der Waals surface area contributed by atoms with Gasteiger partial charge in [0, 0.05) is 38.0 Å². The summed E-state index contributed by atoms with van der Waals surface area (Å²) >= 11 is 13.2. The highest BCUT2D eigenvalue weighted by Gasteiger charge is 2.29. The first-order valence-electron chi connectivity index (χ1n) is 16.4. The fraction of sp³-hybridized carbons (Fsp3) is 0.559. The smallest absolute Gasteiger partial charge is 0.368 e. The van der Waals surface area contributed by atoms with E-state index in [4.69, 9.17) is 23.2 Å². The zero-order valence-electron chi connectivity index (χ0n) is 28.3. The second-order valence-electron chi connectivity index (χ2n) is 13.7. The van der Waals surface area contributed by atoms with Crippen LogP contribution in [0.5, 0.6) is 0 Å². The Hall–Kier alpha value is -3.39. The summed E-state index contributed by atoms with van der Waals surface area (Å²) in [5.74, 6) is -0.418. The van der Waals surface area contributed by atoms with Crippen molar-refractivity contribution < 1.29 is 35.9 Å². The lowest BCUT2D eigenvalue weighted by molar-refractivity contribution is -0.128.